The first-order chi connectivity index (χ1) is 9.70. The van der Waals surface area contributed by atoms with Crippen molar-refractivity contribution in [2.75, 3.05) is 31.2 Å². The number of hydrogen-bond donors (Lipinski definition) is 1. The number of rotatable bonds is 3. The van der Waals surface area contributed by atoms with Crippen molar-refractivity contribution in [3.05, 3.63) is 17.0 Å². The van der Waals surface area contributed by atoms with Crippen molar-refractivity contribution < 1.29 is 9.47 Å². The fourth-order valence-electron chi connectivity index (χ4n) is 1.81. The zero-order valence-electron chi connectivity index (χ0n) is 10.8. The Kier molecular flexibility index (Phi) is 3.66. The summed E-state index contributed by atoms with van der Waals surface area (Å²) in [6, 6.07) is 1.87. The maximum atomic E-state index is 5.91. The van der Waals surface area contributed by atoms with Crippen molar-refractivity contribution >= 4 is 17.5 Å². The largest absolute Gasteiger partial charge is 0.403 e. The topological polar surface area (TPSA) is 89.1 Å². The zero-order valence-corrected chi connectivity index (χ0v) is 11.6. The van der Waals surface area contributed by atoms with Crippen molar-refractivity contribution in [1.82, 2.24) is 25.1 Å². The Labute approximate surface area is 120 Å². The first-order valence-corrected chi connectivity index (χ1v) is 6.52. The maximum absolute atomic E-state index is 5.91. The average Bonchev–Trinajstić information content (AvgIpc) is 2.84. The van der Waals surface area contributed by atoms with Crippen molar-refractivity contribution in [2.24, 2.45) is 0 Å². The first-order valence-electron chi connectivity index (χ1n) is 6.15. The van der Waals surface area contributed by atoms with Gasteiger partial charge in [-0.1, -0.05) is 0 Å². The molecule has 2 aromatic rings. The van der Waals surface area contributed by atoms with Crippen LogP contribution in [0.1, 0.15) is 5.69 Å². The Hall–Kier alpha value is -1.93. The van der Waals surface area contributed by atoms with Crippen LogP contribution in [0.4, 0.5) is 5.95 Å². The van der Waals surface area contributed by atoms with Gasteiger partial charge in [0.1, 0.15) is 0 Å². The smallest absolute Gasteiger partial charge is 0.329 e. The lowest BCUT2D eigenvalue weighted by molar-refractivity contribution is 0.122. The van der Waals surface area contributed by atoms with E-state index in [1.54, 1.807) is 6.07 Å². The van der Waals surface area contributed by atoms with Crippen LogP contribution in [0.5, 0.6) is 11.9 Å². The summed E-state index contributed by atoms with van der Waals surface area (Å²) in [4.78, 5) is 14.3. The number of anilines is 1. The molecule has 0 unspecified atom stereocenters. The molecule has 0 saturated carbocycles. The molecule has 3 rings (SSSR count). The number of morpholine rings is 1. The van der Waals surface area contributed by atoms with Crippen LogP contribution in [0.25, 0.3) is 0 Å². The fraction of sp³-hybridized carbons (Fsp3) is 0.455. The van der Waals surface area contributed by atoms with Crippen LogP contribution in [0.15, 0.2) is 6.07 Å². The van der Waals surface area contributed by atoms with Crippen LogP contribution in [-0.4, -0.2) is 51.5 Å². The number of ether oxygens (including phenoxy) is 2. The van der Waals surface area contributed by atoms with Crippen LogP contribution >= 0.6 is 11.6 Å². The lowest BCUT2D eigenvalue weighted by Crippen LogP contribution is -2.37. The van der Waals surface area contributed by atoms with E-state index in [0.717, 1.165) is 5.69 Å². The SMILES string of the molecule is Cc1cc(Oc2nc(Cl)nc(N3CCOCC3)n2)n[nH]1. The molecule has 0 spiro atoms. The van der Waals surface area contributed by atoms with Crippen LogP contribution in [0.2, 0.25) is 5.28 Å². The van der Waals surface area contributed by atoms with E-state index in [9.17, 15) is 0 Å². The standard InChI is InChI=1S/C11H13ClN6O2/c1-7-6-8(17-16-7)20-11-14-9(12)13-10(15-11)18-2-4-19-5-3-18/h6H,2-5H2,1H3,(H,16,17). The monoisotopic (exact) mass is 296 g/mol. The Bertz CT molecular complexity index is 598. The van der Waals surface area contributed by atoms with Crippen molar-refractivity contribution in [3.8, 4) is 11.9 Å². The second-order valence-electron chi connectivity index (χ2n) is 4.28. The number of aryl methyl sites for hydroxylation is 1. The Morgan fingerprint density at radius 3 is 2.80 bits per heavy atom. The number of H-pyrrole nitrogens is 1. The first kappa shape index (κ1) is 13.1. The highest BCUT2D eigenvalue weighted by Crippen LogP contribution is 2.20. The Morgan fingerprint density at radius 1 is 1.30 bits per heavy atom. The summed E-state index contributed by atoms with van der Waals surface area (Å²) in [6.07, 6.45) is 0. The second kappa shape index (κ2) is 5.59. The summed E-state index contributed by atoms with van der Waals surface area (Å²) in [6.45, 7) is 4.57. The summed E-state index contributed by atoms with van der Waals surface area (Å²) in [5.41, 5.74) is 0.883. The molecule has 1 aliphatic rings. The predicted molar refractivity (Wildman–Crippen MR) is 71.3 cm³/mol. The lowest BCUT2D eigenvalue weighted by atomic mass is 10.4. The van der Waals surface area contributed by atoms with E-state index in [1.807, 2.05) is 11.8 Å². The summed E-state index contributed by atoms with van der Waals surface area (Å²) >= 11 is 5.91. The van der Waals surface area contributed by atoms with Crippen molar-refractivity contribution in [2.45, 2.75) is 6.92 Å². The van der Waals surface area contributed by atoms with E-state index >= 15 is 0 Å². The van der Waals surface area contributed by atoms with Crippen LogP contribution < -0.4 is 9.64 Å². The van der Waals surface area contributed by atoms with Crippen molar-refractivity contribution in [3.63, 3.8) is 0 Å². The van der Waals surface area contributed by atoms with Gasteiger partial charge in [0.05, 0.1) is 13.2 Å². The van der Waals surface area contributed by atoms with Gasteiger partial charge in [0.15, 0.2) is 0 Å². The van der Waals surface area contributed by atoms with Crippen LogP contribution in [0.3, 0.4) is 0 Å². The highest BCUT2D eigenvalue weighted by Gasteiger charge is 2.17. The molecule has 0 amide bonds. The molecule has 0 atom stereocenters. The van der Waals surface area contributed by atoms with Gasteiger partial charge in [-0.15, -0.1) is 5.10 Å². The summed E-state index contributed by atoms with van der Waals surface area (Å²) in [5.74, 6) is 0.869. The Morgan fingerprint density at radius 2 is 2.10 bits per heavy atom. The molecule has 1 N–H and O–H groups in total. The van der Waals surface area contributed by atoms with Gasteiger partial charge in [0, 0.05) is 24.8 Å². The number of aromatic nitrogens is 5. The normalized spacial score (nSPS) is 15.4. The van der Waals surface area contributed by atoms with E-state index in [1.165, 1.54) is 0 Å². The van der Waals surface area contributed by atoms with Gasteiger partial charge >= 0.3 is 6.01 Å². The lowest BCUT2D eigenvalue weighted by Gasteiger charge is -2.26. The zero-order chi connectivity index (χ0) is 13.9. The third kappa shape index (κ3) is 2.97. The molecular weight excluding hydrogens is 284 g/mol. The van der Waals surface area contributed by atoms with Gasteiger partial charge in [0.2, 0.25) is 17.1 Å². The summed E-state index contributed by atoms with van der Waals surface area (Å²) < 4.78 is 10.8. The minimum atomic E-state index is 0.0868. The van der Waals surface area contributed by atoms with Gasteiger partial charge in [-0.05, 0) is 18.5 Å². The van der Waals surface area contributed by atoms with Gasteiger partial charge in [-0.25, -0.2) is 0 Å². The fourth-order valence-corrected chi connectivity index (χ4v) is 1.96. The minimum absolute atomic E-state index is 0.0868. The molecule has 0 bridgehead atoms. The summed E-state index contributed by atoms with van der Waals surface area (Å²) in [5, 5.41) is 6.82. The van der Waals surface area contributed by atoms with E-state index in [2.05, 4.69) is 25.1 Å². The number of aromatic amines is 1. The molecule has 3 heterocycles. The third-order valence-electron chi connectivity index (χ3n) is 2.75. The van der Waals surface area contributed by atoms with E-state index < -0.39 is 0 Å². The van der Waals surface area contributed by atoms with E-state index in [4.69, 9.17) is 21.1 Å². The maximum Gasteiger partial charge on any atom is 0.329 e. The van der Waals surface area contributed by atoms with Crippen LogP contribution in [-0.2, 0) is 4.74 Å². The average molecular weight is 297 g/mol. The molecule has 0 aliphatic carbocycles. The number of hydrogen-bond acceptors (Lipinski definition) is 7. The predicted octanol–water partition coefficient (Wildman–Crippen LogP) is 1.19. The number of nitrogens with one attached hydrogen (secondary N) is 1. The quantitative estimate of drug-likeness (QED) is 0.909. The van der Waals surface area contributed by atoms with Gasteiger partial charge in [-0.3, -0.25) is 5.10 Å². The highest BCUT2D eigenvalue weighted by molar-refractivity contribution is 6.28. The molecule has 1 aliphatic heterocycles. The van der Waals surface area contributed by atoms with Crippen molar-refractivity contribution in [1.29, 1.82) is 0 Å². The molecular formula is C11H13ClN6O2. The molecule has 9 heteroatoms. The third-order valence-corrected chi connectivity index (χ3v) is 2.92. The summed E-state index contributed by atoms with van der Waals surface area (Å²) in [7, 11) is 0. The highest BCUT2D eigenvalue weighted by atomic mass is 35.5. The number of halogens is 1. The van der Waals surface area contributed by atoms with E-state index in [0.29, 0.717) is 38.1 Å². The number of nitrogens with zero attached hydrogens (tertiary/aromatic N) is 5. The molecule has 20 heavy (non-hydrogen) atoms. The molecule has 0 aromatic carbocycles. The van der Waals surface area contributed by atoms with E-state index in [-0.39, 0.29) is 11.3 Å². The van der Waals surface area contributed by atoms with Gasteiger partial charge in [-0.2, -0.15) is 15.0 Å². The van der Waals surface area contributed by atoms with Crippen LogP contribution in [0, 0.1) is 6.92 Å². The van der Waals surface area contributed by atoms with Gasteiger partial charge in [0.25, 0.3) is 0 Å². The molecule has 2 aromatic heterocycles. The molecule has 1 saturated heterocycles. The van der Waals surface area contributed by atoms with Gasteiger partial charge < -0.3 is 14.4 Å². The minimum Gasteiger partial charge on any atom is -0.403 e. The molecule has 1 fully saturated rings. The molecule has 106 valence electrons. The Balaban J connectivity index is 1.82. The molecule has 0 radical (unpaired) electrons. The second-order valence-corrected chi connectivity index (χ2v) is 4.62. The molecule has 8 nitrogen and oxygen atoms in total.